The highest BCUT2D eigenvalue weighted by molar-refractivity contribution is 5.88. The summed E-state index contributed by atoms with van der Waals surface area (Å²) in [5, 5.41) is 5.81. The molecule has 2 aromatic heterocycles. The van der Waals surface area contributed by atoms with E-state index in [1.807, 2.05) is 43.7 Å². The number of imidazole rings is 2. The van der Waals surface area contributed by atoms with Gasteiger partial charge in [0.2, 0.25) is 11.8 Å². The van der Waals surface area contributed by atoms with Gasteiger partial charge in [-0.3, -0.25) is 9.59 Å². The smallest absolute Gasteiger partial charge is 0.407 e. The molecule has 2 aromatic carbocycles. The molecule has 16 heteroatoms. The summed E-state index contributed by atoms with van der Waals surface area (Å²) in [6, 6.07) is 9.01. The van der Waals surface area contributed by atoms with Crippen molar-refractivity contribution in [1.29, 1.82) is 0 Å². The normalized spacial score (nSPS) is 26.5. The average Bonchev–Trinajstić information content (AvgIpc) is 4.18. The van der Waals surface area contributed by atoms with Crippen molar-refractivity contribution in [3.8, 4) is 39.4 Å². The van der Waals surface area contributed by atoms with Crippen molar-refractivity contribution in [3.63, 3.8) is 0 Å². The van der Waals surface area contributed by atoms with Crippen LogP contribution in [0.15, 0.2) is 36.5 Å². The number of aromatic amines is 2. The Morgan fingerprint density at radius 3 is 2.32 bits per heavy atom. The van der Waals surface area contributed by atoms with Crippen LogP contribution < -0.4 is 15.4 Å². The number of benzene rings is 2. The summed E-state index contributed by atoms with van der Waals surface area (Å²) in [5.74, 6) is 2.34. The number of carbonyl (C=O) groups is 4. The van der Waals surface area contributed by atoms with E-state index in [1.54, 1.807) is 13.8 Å². The Morgan fingerprint density at radius 1 is 0.797 bits per heavy atom. The molecular weight excluding hydrogens is 877 g/mol. The quantitative estimate of drug-likeness (QED) is 0.113. The number of hydrogen-bond acceptors (Lipinski definition) is 10. The van der Waals surface area contributed by atoms with Gasteiger partial charge in [-0.25, -0.2) is 19.6 Å². The zero-order valence-electron chi connectivity index (χ0n) is 41.1. The van der Waals surface area contributed by atoms with Crippen molar-refractivity contribution >= 4 is 24.0 Å². The third-order valence-electron chi connectivity index (χ3n) is 15.7. The first-order chi connectivity index (χ1) is 33.3. The molecule has 3 saturated heterocycles. The largest absolute Gasteiger partial charge is 0.488 e. The molecule has 6 heterocycles. The number of fused-ring (bicyclic) bond motifs is 7. The Kier molecular flexibility index (Phi) is 13.0. The van der Waals surface area contributed by atoms with E-state index in [4.69, 9.17) is 28.9 Å². The van der Waals surface area contributed by atoms with E-state index in [0.29, 0.717) is 25.4 Å². The van der Waals surface area contributed by atoms with Gasteiger partial charge in [0.05, 0.1) is 55.1 Å². The molecule has 16 nitrogen and oxygen atoms in total. The molecule has 6 aliphatic rings. The molecule has 368 valence electrons. The molecule has 4 fully saturated rings. The van der Waals surface area contributed by atoms with E-state index in [1.165, 1.54) is 5.56 Å². The standard InChI is InChI=1S/C53H68N8O8/c1-8-66-52(64)58-45(27(3)4)50(62)61-41-12-10-11-33(41)23-43(61)49-55-39-17-15-31-22-38-36-16-14-32(21-35(36)26-68-44(38)24-37(31)47(39)57-49)40-25-54-48(56-40)42-18-13-28(5)60(42)51(63)46(59-53(65)67-9-2)34-19-29(6)69-30(7)20-34/h14,16,21-22,24-25,27-30,33-34,41-43,45-46H,8-13,15,17-20,23,26H2,1-7H3,(H,54,56)(H,55,57)(H,58,64)(H,59,65)/t28-,29+,30+,33-,41-,42-,43-,45-,46-/m0/s1. The molecule has 9 atom stereocenters. The number of carbonyl (C=O) groups excluding carboxylic acids is 4. The summed E-state index contributed by atoms with van der Waals surface area (Å²) in [6.07, 6.45) is 9.13. The van der Waals surface area contributed by atoms with E-state index in [2.05, 4.69) is 57.9 Å². The Hall–Kier alpha value is -5.90. The van der Waals surface area contributed by atoms with E-state index < -0.39 is 24.3 Å². The van der Waals surface area contributed by atoms with Crippen LogP contribution in [0, 0.1) is 17.8 Å². The first-order valence-electron chi connectivity index (χ1n) is 25.5. The lowest BCUT2D eigenvalue weighted by molar-refractivity contribution is -0.140. The van der Waals surface area contributed by atoms with Crippen LogP contribution in [-0.2, 0) is 43.2 Å². The summed E-state index contributed by atoms with van der Waals surface area (Å²) in [6.45, 7) is 14.4. The number of rotatable bonds is 11. The summed E-state index contributed by atoms with van der Waals surface area (Å²) in [4.78, 5) is 75.8. The van der Waals surface area contributed by atoms with Crippen molar-refractivity contribution < 1.29 is 38.1 Å². The number of alkyl carbamates (subject to hydrolysis) is 2. The van der Waals surface area contributed by atoms with Crippen LogP contribution in [0.4, 0.5) is 9.59 Å². The topological polar surface area (TPSA) is 193 Å². The minimum absolute atomic E-state index is 0.0277. The van der Waals surface area contributed by atoms with Gasteiger partial charge >= 0.3 is 12.2 Å². The number of ether oxygens (including phenoxy) is 4. The molecule has 0 bridgehead atoms. The van der Waals surface area contributed by atoms with Crippen molar-refractivity contribution in [3.05, 3.63) is 65.0 Å². The molecule has 0 unspecified atom stereocenters. The minimum atomic E-state index is -0.741. The zero-order valence-corrected chi connectivity index (χ0v) is 41.1. The Morgan fingerprint density at radius 2 is 1.57 bits per heavy atom. The van der Waals surface area contributed by atoms with Crippen molar-refractivity contribution in [2.75, 3.05) is 13.2 Å². The number of aromatic nitrogens is 4. The Balaban J connectivity index is 0.879. The highest BCUT2D eigenvalue weighted by Crippen LogP contribution is 2.50. The number of likely N-dealkylation sites (tertiary alicyclic amines) is 2. The highest BCUT2D eigenvalue weighted by Gasteiger charge is 2.50. The van der Waals surface area contributed by atoms with Crippen LogP contribution >= 0.6 is 0 Å². The van der Waals surface area contributed by atoms with E-state index in [9.17, 15) is 19.2 Å². The molecule has 4 aliphatic heterocycles. The second-order valence-electron chi connectivity index (χ2n) is 20.7. The Bertz CT molecular complexity index is 2600. The van der Waals surface area contributed by atoms with Crippen LogP contribution in [0.1, 0.15) is 140 Å². The molecule has 69 heavy (non-hydrogen) atoms. The van der Waals surface area contributed by atoms with Gasteiger partial charge in [-0.1, -0.05) is 32.4 Å². The van der Waals surface area contributed by atoms with Crippen LogP contribution in [0.5, 0.6) is 5.75 Å². The van der Waals surface area contributed by atoms with Crippen LogP contribution in [0.25, 0.3) is 33.6 Å². The van der Waals surface area contributed by atoms with Gasteiger partial charge in [-0.15, -0.1) is 0 Å². The summed E-state index contributed by atoms with van der Waals surface area (Å²) >= 11 is 0. The Labute approximate surface area is 404 Å². The summed E-state index contributed by atoms with van der Waals surface area (Å²) in [7, 11) is 0. The van der Waals surface area contributed by atoms with Gasteiger partial charge in [0.15, 0.2) is 0 Å². The van der Waals surface area contributed by atoms with Crippen molar-refractivity contribution in [2.45, 2.75) is 168 Å². The summed E-state index contributed by atoms with van der Waals surface area (Å²) in [5.41, 5.74) is 9.32. The van der Waals surface area contributed by atoms with Crippen molar-refractivity contribution in [1.82, 2.24) is 40.4 Å². The number of aryl methyl sites for hydroxylation is 2. The molecule has 0 radical (unpaired) electrons. The summed E-state index contributed by atoms with van der Waals surface area (Å²) < 4.78 is 23.0. The highest BCUT2D eigenvalue weighted by atomic mass is 16.6. The maximum Gasteiger partial charge on any atom is 0.407 e. The van der Waals surface area contributed by atoms with Crippen LogP contribution in [0.2, 0.25) is 0 Å². The molecule has 10 rings (SSSR count). The van der Waals surface area contributed by atoms with Crippen molar-refractivity contribution in [2.24, 2.45) is 17.8 Å². The second kappa shape index (κ2) is 19.1. The van der Waals surface area contributed by atoms with Gasteiger partial charge in [-0.2, -0.15) is 0 Å². The van der Waals surface area contributed by atoms with E-state index >= 15 is 0 Å². The number of nitrogens with one attached hydrogen (secondary N) is 4. The fourth-order valence-electron chi connectivity index (χ4n) is 12.6. The van der Waals surface area contributed by atoms with Gasteiger partial charge in [0, 0.05) is 28.9 Å². The third-order valence-corrected chi connectivity index (χ3v) is 15.7. The average molecular weight is 945 g/mol. The molecule has 4 N–H and O–H groups in total. The predicted octanol–water partition coefficient (Wildman–Crippen LogP) is 8.71. The molecule has 4 aromatic rings. The molecule has 1 saturated carbocycles. The van der Waals surface area contributed by atoms with Crippen LogP contribution in [0.3, 0.4) is 0 Å². The maximum atomic E-state index is 14.6. The first-order valence-corrected chi connectivity index (χ1v) is 25.5. The number of hydrogen-bond donors (Lipinski definition) is 4. The fraction of sp³-hybridized carbons (Fsp3) is 0.585. The maximum absolute atomic E-state index is 14.6. The second-order valence-corrected chi connectivity index (χ2v) is 20.7. The molecule has 4 amide bonds. The number of nitrogens with zero attached hydrogens (tertiary/aromatic N) is 4. The van der Waals surface area contributed by atoms with Gasteiger partial charge in [0.1, 0.15) is 36.1 Å². The lowest BCUT2D eigenvalue weighted by Gasteiger charge is -2.39. The van der Waals surface area contributed by atoms with Gasteiger partial charge in [-0.05, 0) is 151 Å². The van der Waals surface area contributed by atoms with Gasteiger partial charge in [0.25, 0.3) is 0 Å². The predicted molar refractivity (Wildman–Crippen MR) is 258 cm³/mol. The van der Waals surface area contributed by atoms with Crippen LogP contribution in [-0.4, -0.2) is 103 Å². The fourth-order valence-corrected chi connectivity index (χ4v) is 12.6. The molecular formula is C53H68N8O8. The third kappa shape index (κ3) is 8.86. The molecule has 2 aliphatic carbocycles. The number of H-pyrrole nitrogens is 2. The lowest BCUT2D eigenvalue weighted by Crippen LogP contribution is -2.55. The SMILES string of the molecule is CCOC(=O)N[C@H](C(=O)N1[C@H](c2nc3c([nH]2)CCc2cc4c(cc2-3)OCc2cc(-c3cnc([C@@H]5CC[C@H](C)N5C(=O)[C@@H](NC(=O)OCC)C5C[C@@H](C)O[C@H](C)C5)[nH]3)ccc2-4)C[C@@H]2CCC[C@@H]21)C(C)C. The number of amides is 4. The van der Waals surface area contributed by atoms with E-state index in [0.717, 1.165) is 114 Å². The zero-order chi connectivity index (χ0) is 48.2. The first kappa shape index (κ1) is 46.8. The minimum Gasteiger partial charge on any atom is -0.488 e. The van der Waals surface area contributed by atoms with Gasteiger partial charge < -0.3 is 49.3 Å². The van der Waals surface area contributed by atoms with E-state index in [-0.39, 0.29) is 73.2 Å². The monoisotopic (exact) mass is 945 g/mol. The molecule has 0 spiro atoms. The lowest BCUT2D eigenvalue weighted by atomic mass is 9.85.